The van der Waals surface area contributed by atoms with Gasteiger partial charge < -0.3 is 9.15 Å². The summed E-state index contributed by atoms with van der Waals surface area (Å²) in [5.41, 5.74) is 5.09. The molecule has 0 aliphatic rings. The third-order valence-electron chi connectivity index (χ3n) is 5.25. The number of nitrogens with zero attached hydrogens (tertiary/aromatic N) is 1. The molecule has 0 aliphatic heterocycles. The van der Waals surface area contributed by atoms with Crippen molar-refractivity contribution in [2.45, 2.75) is 6.61 Å². The van der Waals surface area contributed by atoms with E-state index in [1.807, 2.05) is 48.5 Å². The van der Waals surface area contributed by atoms with Crippen molar-refractivity contribution in [3.05, 3.63) is 110 Å². The summed E-state index contributed by atoms with van der Waals surface area (Å²) in [7, 11) is 0. The monoisotopic (exact) mass is 624 g/mol. The molecule has 1 heterocycles. The van der Waals surface area contributed by atoms with E-state index in [1.54, 1.807) is 12.3 Å². The van der Waals surface area contributed by atoms with Crippen molar-refractivity contribution in [1.29, 1.82) is 0 Å². The predicted octanol–water partition coefficient (Wildman–Crippen LogP) is 7.30. The maximum Gasteiger partial charge on any atom is 0.307 e. The van der Waals surface area contributed by atoms with E-state index in [0.29, 0.717) is 12.2 Å². The number of rotatable bonds is 6. The second-order valence-electron chi connectivity index (χ2n) is 7.63. The Kier molecular flexibility index (Phi) is 6.64. The Labute approximate surface area is 218 Å². The fourth-order valence-electron chi connectivity index (χ4n) is 3.59. The van der Waals surface area contributed by atoms with Gasteiger partial charge in [0.05, 0.1) is 14.3 Å². The average Bonchev–Trinajstić information content (AvgIpc) is 3.28. The van der Waals surface area contributed by atoms with Gasteiger partial charge in [-0.05, 0) is 90.8 Å². The van der Waals surface area contributed by atoms with Gasteiger partial charge in [-0.2, -0.15) is 5.10 Å². The molecule has 0 saturated carbocycles. The predicted molar refractivity (Wildman–Crippen MR) is 146 cm³/mol. The summed E-state index contributed by atoms with van der Waals surface area (Å²) in [4.78, 5) is 12.3. The zero-order valence-corrected chi connectivity index (χ0v) is 21.5. The summed E-state index contributed by atoms with van der Waals surface area (Å²) >= 11 is 5.83. The van der Waals surface area contributed by atoms with Crippen LogP contribution in [-0.4, -0.2) is 12.1 Å². The van der Waals surface area contributed by atoms with Crippen LogP contribution in [0, 0.1) is 3.57 Å². The van der Waals surface area contributed by atoms with Crippen LogP contribution in [-0.2, 0) is 6.61 Å². The number of halogens is 2. The Bertz CT molecular complexity index is 1490. The second kappa shape index (κ2) is 9.99. The average molecular weight is 625 g/mol. The van der Waals surface area contributed by atoms with E-state index in [9.17, 15) is 4.79 Å². The lowest BCUT2D eigenvalue weighted by atomic mass is 10.1. The number of ether oxygens (including phenoxy) is 1. The first-order valence-electron chi connectivity index (χ1n) is 10.5. The molecular weight excluding hydrogens is 607 g/mol. The standard InChI is InChI=1S/C27H18BrIN2O3/c28-22-12-18(15-30-31-27(32)25-14-21-7-3-4-8-24(21)34-25)13-23(29)26(22)33-16-17-9-10-19-5-1-2-6-20(19)11-17/h1-15H,16H2,(H,31,32)/b30-15+. The molecule has 1 amide bonds. The number of carbonyl (C=O) groups is 1. The van der Waals surface area contributed by atoms with Gasteiger partial charge in [-0.3, -0.25) is 4.79 Å². The van der Waals surface area contributed by atoms with Crippen molar-refractivity contribution < 1.29 is 13.9 Å². The van der Waals surface area contributed by atoms with Crippen molar-refractivity contribution >= 4 is 72.4 Å². The minimum absolute atomic E-state index is 0.214. The van der Waals surface area contributed by atoms with Gasteiger partial charge in [-0.15, -0.1) is 0 Å². The fourth-order valence-corrected chi connectivity index (χ4v) is 5.36. The maximum atomic E-state index is 12.3. The van der Waals surface area contributed by atoms with Gasteiger partial charge in [-0.25, -0.2) is 5.43 Å². The van der Waals surface area contributed by atoms with Crippen molar-refractivity contribution in [3.8, 4) is 5.75 Å². The number of para-hydroxylation sites is 1. The first-order valence-corrected chi connectivity index (χ1v) is 12.4. The van der Waals surface area contributed by atoms with Gasteiger partial charge in [-0.1, -0.05) is 54.6 Å². The Morgan fingerprint density at radius 3 is 2.53 bits per heavy atom. The number of hydrazone groups is 1. The minimum Gasteiger partial charge on any atom is -0.487 e. The van der Waals surface area contributed by atoms with Gasteiger partial charge in [0.25, 0.3) is 0 Å². The molecule has 168 valence electrons. The largest absolute Gasteiger partial charge is 0.487 e. The number of carbonyl (C=O) groups excluding carboxylic acids is 1. The summed E-state index contributed by atoms with van der Waals surface area (Å²) in [6.45, 7) is 0.459. The number of furan rings is 1. The van der Waals surface area contributed by atoms with Crippen LogP contribution < -0.4 is 10.2 Å². The van der Waals surface area contributed by atoms with Crippen LogP contribution >= 0.6 is 38.5 Å². The summed E-state index contributed by atoms with van der Waals surface area (Å²) < 4.78 is 13.4. The molecule has 0 radical (unpaired) electrons. The van der Waals surface area contributed by atoms with Gasteiger partial charge in [0, 0.05) is 5.39 Å². The number of hydrogen-bond donors (Lipinski definition) is 1. The van der Waals surface area contributed by atoms with E-state index in [-0.39, 0.29) is 5.76 Å². The third-order valence-corrected chi connectivity index (χ3v) is 6.64. The first-order chi connectivity index (χ1) is 16.6. The highest BCUT2D eigenvalue weighted by Gasteiger charge is 2.12. The molecule has 7 heteroatoms. The number of hydrogen-bond acceptors (Lipinski definition) is 4. The lowest BCUT2D eigenvalue weighted by molar-refractivity contribution is 0.0929. The van der Waals surface area contributed by atoms with Crippen LogP contribution in [0.5, 0.6) is 5.75 Å². The Morgan fingerprint density at radius 1 is 0.971 bits per heavy atom. The van der Waals surface area contributed by atoms with E-state index >= 15 is 0 Å². The SMILES string of the molecule is O=C(N/N=C/c1cc(Br)c(OCc2ccc3ccccc3c2)c(I)c1)c1cc2ccccc2o1. The molecule has 0 bridgehead atoms. The smallest absolute Gasteiger partial charge is 0.307 e. The molecular formula is C27H18BrIN2O3. The molecule has 0 fully saturated rings. The fraction of sp³-hybridized carbons (Fsp3) is 0.0370. The van der Waals surface area contributed by atoms with Crippen LogP contribution in [0.25, 0.3) is 21.7 Å². The van der Waals surface area contributed by atoms with Crippen LogP contribution in [0.2, 0.25) is 0 Å². The topological polar surface area (TPSA) is 63.8 Å². The molecule has 0 unspecified atom stereocenters. The molecule has 0 aliphatic carbocycles. The third kappa shape index (κ3) is 5.00. The first kappa shape index (κ1) is 22.6. The molecule has 5 rings (SSSR count). The number of nitrogens with one attached hydrogen (secondary N) is 1. The molecule has 5 aromatic rings. The van der Waals surface area contributed by atoms with Crippen molar-refractivity contribution in [2.24, 2.45) is 5.10 Å². The zero-order valence-electron chi connectivity index (χ0n) is 17.8. The highest BCUT2D eigenvalue weighted by Crippen LogP contribution is 2.32. The van der Waals surface area contributed by atoms with E-state index < -0.39 is 5.91 Å². The van der Waals surface area contributed by atoms with Crippen LogP contribution in [0.4, 0.5) is 0 Å². The van der Waals surface area contributed by atoms with Gasteiger partial charge >= 0.3 is 5.91 Å². The molecule has 5 nitrogen and oxygen atoms in total. The summed E-state index contributed by atoms with van der Waals surface area (Å²) in [5, 5.41) is 7.34. The Morgan fingerprint density at radius 2 is 1.74 bits per heavy atom. The van der Waals surface area contributed by atoms with Gasteiger partial charge in [0.15, 0.2) is 5.76 Å². The number of amides is 1. The quantitative estimate of drug-likeness (QED) is 0.123. The summed E-state index contributed by atoms with van der Waals surface area (Å²) in [6.07, 6.45) is 1.58. The van der Waals surface area contributed by atoms with Crippen molar-refractivity contribution in [3.63, 3.8) is 0 Å². The van der Waals surface area contributed by atoms with Crippen molar-refractivity contribution in [1.82, 2.24) is 5.43 Å². The number of benzene rings is 4. The molecule has 4 aromatic carbocycles. The van der Waals surface area contributed by atoms with Crippen LogP contribution in [0.15, 0.2) is 98.9 Å². The van der Waals surface area contributed by atoms with Gasteiger partial charge in [0.2, 0.25) is 0 Å². The van der Waals surface area contributed by atoms with E-state index in [2.05, 4.69) is 79.4 Å². The maximum absolute atomic E-state index is 12.3. The normalized spacial score (nSPS) is 11.4. The second-order valence-corrected chi connectivity index (χ2v) is 9.65. The lowest BCUT2D eigenvalue weighted by Crippen LogP contribution is -2.16. The Balaban J connectivity index is 1.24. The molecule has 0 spiro atoms. The molecule has 1 aromatic heterocycles. The highest BCUT2D eigenvalue weighted by atomic mass is 127. The van der Waals surface area contributed by atoms with Crippen molar-refractivity contribution in [2.75, 3.05) is 0 Å². The van der Waals surface area contributed by atoms with Crippen LogP contribution in [0.1, 0.15) is 21.7 Å². The molecule has 34 heavy (non-hydrogen) atoms. The minimum atomic E-state index is -0.406. The molecule has 0 saturated heterocycles. The summed E-state index contributed by atoms with van der Waals surface area (Å²) in [5.74, 6) is 0.570. The Hall–Kier alpha value is -3.17. The lowest BCUT2D eigenvalue weighted by Gasteiger charge is -2.12. The zero-order chi connectivity index (χ0) is 23.5. The molecule has 0 atom stereocenters. The van der Waals surface area contributed by atoms with E-state index in [0.717, 1.165) is 30.3 Å². The highest BCUT2D eigenvalue weighted by molar-refractivity contribution is 14.1. The van der Waals surface area contributed by atoms with Gasteiger partial charge in [0.1, 0.15) is 17.9 Å². The van der Waals surface area contributed by atoms with E-state index in [4.69, 9.17) is 9.15 Å². The van der Waals surface area contributed by atoms with Crippen LogP contribution in [0.3, 0.4) is 0 Å². The van der Waals surface area contributed by atoms with E-state index in [1.165, 1.54) is 10.8 Å². The molecule has 1 N–H and O–H groups in total. The summed E-state index contributed by atoms with van der Waals surface area (Å²) in [6, 6.07) is 27.6. The number of fused-ring (bicyclic) bond motifs is 2.